The van der Waals surface area contributed by atoms with Gasteiger partial charge in [-0.15, -0.1) is 0 Å². The highest BCUT2D eigenvalue weighted by Crippen LogP contribution is 2.54. The van der Waals surface area contributed by atoms with Crippen LogP contribution in [0, 0.1) is 0 Å². The number of benzene rings is 1. The number of carboxylic acids is 1. The second-order valence-electron chi connectivity index (χ2n) is 6.32. The van der Waals surface area contributed by atoms with Crippen molar-refractivity contribution in [1.82, 2.24) is 0 Å². The molecule has 150 valence electrons. The summed E-state index contributed by atoms with van der Waals surface area (Å²) < 4.78 is 28.7. The topological polar surface area (TPSA) is 124 Å². The van der Waals surface area contributed by atoms with Crippen molar-refractivity contribution >= 4 is 25.2 Å². The quantitative estimate of drug-likeness (QED) is 0.370. The predicted octanol–water partition coefficient (Wildman–Crippen LogP) is 4.40. The van der Waals surface area contributed by atoms with Crippen molar-refractivity contribution in [2.24, 2.45) is 10.2 Å². The Balaban J connectivity index is 3.35. The summed E-state index contributed by atoms with van der Waals surface area (Å²) >= 11 is 0. The van der Waals surface area contributed by atoms with Gasteiger partial charge in [0, 0.05) is 0 Å². The first kappa shape index (κ1) is 23.0. The van der Waals surface area contributed by atoms with E-state index in [9.17, 15) is 19.3 Å². The van der Waals surface area contributed by atoms with E-state index < -0.39 is 30.9 Å². The lowest BCUT2D eigenvalue weighted by atomic mass is 10.2. The minimum atomic E-state index is -4.03. The van der Waals surface area contributed by atoms with E-state index in [1.165, 1.54) is 18.2 Å². The summed E-state index contributed by atoms with van der Waals surface area (Å²) in [5, 5.41) is 16.8. The average Bonchev–Trinajstić information content (AvgIpc) is 2.54. The number of aromatic carboxylic acids is 1. The largest absolute Gasteiger partial charge is 0.478 e. The van der Waals surface area contributed by atoms with Crippen molar-refractivity contribution in [2.45, 2.75) is 46.0 Å². The summed E-state index contributed by atoms with van der Waals surface area (Å²) in [6.07, 6.45) is 0. The lowest BCUT2D eigenvalue weighted by Crippen LogP contribution is -2.31. The maximum Gasteiger partial charge on any atom is 0.368 e. The van der Waals surface area contributed by atoms with Crippen molar-refractivity contribution < 1.29 is 33.0 Å². The molecule has 27 heavy (non-hydrogen) atoms. The molecule has 0 amide bonds. The van der Waals surface area contributed by atoms with Crippen LogP contribution in [0.1, 0.15) is 45.0 Å². The smallest absolute Gasteiger partial charge is 0.368 e. The summed E-state index contributed by atoms with van der Waals surface area (Å²) in [5.41, 5.74) is -0.988. The number of azo groups is 1. The molecular weight excluding hydrogens is 375 g/mol. The fraction of sp³-hybridized carbons (Fsp3) is 0.529. The minimum absolute atomic E-state index is 0.00175. The molecule has 1 N–H and O–H groups in total. The van der Waals surface area contributed by atoms with E-state index in [0.29, 0.717) is 0 Å². The Labute approximate surface area is 158 Å². The molecule has 1 aromatic carbocycles. The van der Waals surface area contributed by atoms with Gasteiger partial charge < -0.3 is 18.9 Å². The maximum absolute atomic E-state index is 13.1. The van der Waals surface area contributed by atoms with E-state index >= 15 is 0 Å². The molecule has 9 nitrogen and oxygen atoms in total. The number of hydrogen-bond acceptors (Lipinski definition) is 8. The van der Waals surface area contributed by atoms with Gasteiger partial charge in [-0.1, -0.05) is 12.1 Å². The van der Waals surface area contributed by atoms with Crippen molar-refractivity contribution in [3.8, 4) is 0 Å². The van der Waals surface area contributed by atoms with E-state index in [0.717, 1.165) is 0 Å². The molecule has 1 aromatic rings. The van der Waals surface area contributed by atoms with Crippen LogP contribution in [0.4, 0.5) is 5.69 Å². The van der Waals surface area contributed by atoms with Gasteiger partial charge in [0.1, 0.15) is 5.60 Å². The van der Waals surface area contributed by atoms with Crippen LogP contribution in [0.5, 0.6) is 0 Å². The van der Waals surface area contributed by atoms with Gasteiger partial charge in [-0.3, -0.25) is 4.57 Å². The van der Waals surface area contributed by atoms with Gasteiger partial charge in [0.25, 0.3) is 5.78 Å². The first-order chi connectivity index (χ1) is 12.5. The number of ether oxygens (including phenoxy) is 1. The Morgan fingerprint density at radius 3 is 2.19 bits per heavy atom. The molecular formula is C17H25N2O7P. The van der Waals surface area contributed by atoms with Gasteiger partial charge in [0.05, 0.1) is 24.5 Å². The number of carbonyl (C=O) groups is 2. The van der Waals surface area contributed by atoms with Crippen LogP contribution in [-0.4, -0.2) is 41.6 Å². The van der Waals surface area contributed by atoms with Crippen molar-refractivity contribution in [1.29, 1.82) is 0 Å². The van der Waals surface area contributed by atoms with E-state index in [2.05, 4.69) is 10.2 Å². The molecule has 0 fully saturated rings. The first-order valence-corrected chi connectivity index (χ1v) is 10.00. The highest BCUT2D eigenvalue weighted by molar-refractivity contribution is 7.55. The van der Waals surface area contributed by atoms with Crippen LogP contribution < -0.4 is 0 Å². The lowest BCUT2D eigenvalue weighted by molar-refractivity contribution is -0.154. The summed E-state index contributed by atoms with van der Waals surface area (Å²) in [5.74, 6) is -3.83. The van der Waals surface area contributed by atoms with Crippen LogP contribution in [0.2, 0.25) is 0 Å². The molecule has 0 aliphatic carbocycles. The molecule has 0 aliphatic heterocycles. The number of rotatable bonds is 9. The Kier molecular flexibility index (Phi) is 8.27. The fourth-order valence-electron chi connectivity index (χ4n) is 1.99. The number of esters is 1. The van der Waals surface area contributed by atoms with Gasteiger partial charge in [0.2, 0.25) is 0 Å². The van der Waals surface area contributed by atoms with Gasteiger partial charge in [-0.25, -0.2) is 9.59 Å². The first-order valence-electron chi connectivity index (χ1n) is 8.39. The van der Waals surface area contributed by atoms with Crippen molar-refractivity contribution in [2.75, 3.05) is 13.2 Å². The molecule has 0 saturated carbocycles. The summed E-state index contributed by atoms with van der Waals surface area (Å²) in [7, 11) is -4.03. The second kappa shape index (κ2) is 9.73. The highest BCUT2D eigenvalue weighted by Gasteiger charge is 2.44. The fourth-order valence-corrected chi connectivity index (χ4v) is 3.56. The Bertz CT molecular complexity index is 733. The summed E-state index contributed by atoms with van der Waals surface area (Å²) in [4.78, 5) is 23.9. The van der Waals surface area contributed by atoms with Crippen LogP contribution in [0.25, 0.3) is 0 Å². The van der Waals surface area contributed by atoms with Crippen LogP contribution >= 0.6 is 7.60 Å². The molecule has 1 atom stereocenters. The van der Waals surface area contributed by atoms with Crippen molar-refractivity contribution in [3.05, 3.63) is 29.8 Å². The van der Waals surface area contributed by atoms with E-state index in [1.54, 1.807) is 40.7 Å². The Morgan fingerprint density at radius 2 is 1.70 bits per heavy atom. The predicted molar refractivity (Wildman–Crippen MR) is 98.4 cm³/mol. The lowest BCUT2D eigenvalue weighted by Gasteiger charge is -2.25. The molecule has 0 heterocycles. The van der Waals surface area contributed by atoms with E-state index in [1.807, 2.05) is 0 Å². The molecule has 1 rings (SSSR count). The summed E-state index contributed by atoms with van der Waals surface area (Å²) in [6.45, 7) is 8.14. The monoisotopic (exact) mass is 400 g/mol. The summed E-state index contributed by atoms with van der Waals surface area (Å²) in [6, 6.07) is 5.84. The number of nitrogens with zero attached hydrogens (tertiary/aromatic N) is 2. The molecule has 0 aromatic heterocycles. The van der Waals surface area contributed by atoms with Crippen LogP contribution in [0.15, 0.2) is 34.5 Å². The molecule has 10 heteroatoms. The average molecular weight is 400 g/mol. The van der Waals surface area contributed by atoms with Gasteiger partial charge >= 0.3 is 19.5 Å². The second-order valence-corrected chi connectivity index (χ2v) is 8.41. The maximum atomic E-state index is 13.1. The molecule has 1 unspecified atom stereocenters. The third-order valence-corrected chi connectivity index (χ3v) is 5.09. The van der Waals surface area contributed by atoms with Crippen LogP contribution in [0.3, 0.4) is 0 Å². The number of hydrogen-bond donors (Lipinski definition) is 1. The molecule has 0 bridgehead atoms. The zero-order valence-electron chi connectivity index (χ0n) is 16.0. The SMILES string of the molecule is CCOP(=O)(OCC)C(N=Nc1ccccc1C(=O)O)C(=O)OC(C)(C)C. The molecule has 0 spiro atoms. The molecule has 0 aliphatic rings. The van der Waals surface area contributed by atoms with Gasteiger partial charge in [-0.2, -0.15) is 10.2 Å². The zero-order valence-corrected chi connectivity index (χ0v) is 16.9. The Morgan fingerprint density at radius 1 is 1.15 bits per heavy atom. The third-order valence-electron chi connectivity index (χ3n) is 2.94. The van der Waals surface area contributed by atoms with Gasteiger partial charge in [-0.05, 0) is 46.8 Å². The highest BCUT2D eigenvalue weighted by atomic mass is 31.2. The zero-order chi connectivity index (χ0) is 20.7. The molecule has 0 radical (unpaired) electrons. The minimum Gasteiger partial charge on any atom is -0.478 e. The van der Waals surface area contributed by atoms with E-state index in [-0.39, 0.29) is 24.5 Å². The third kappa shape index (κ3) is 6.86. The molecule has 0 saturated heterocycles. The normalized spacial score (nSPS) is 13.5. The number of carboxylic acid groups (broad SMARTS) is 1. The van der Waals surface area contributed by atoms with E-state index in [4.69, 9.17) is 13.8 Å². The van der Waals surface area contributed by atoms with Crippen molar-refractivity contribution in [3.63, 3.8) is 0 Å². The van der Waals surface area contributed by atoms with Crippen LogP contribution in [-0.2, 0) is 23.1 Å². The Hall–Kier alpha value is -2.09. The number of carbonyl (C=O) groups excluding carboxylic acids is 1. The van der Waals surface area contributed by atoms with Gasteiger partial charge in [0.15, 0.2) is 0 Å². The standard InChI is InChI=1S/C17H25N2O7P/c1-6-24-27(23,25-7-2)14(16(22)26-17(3,4)5)19-18-13-11-9-8-10-12(13)15(20)21/h8-11,14H,6-7H2,1-5H3,(H,20,21).